The maximum absolute atomic E-state index is 4.24. The highest BCUT2D eigenvalue weighted by molar-refractivity contribution is 7.09. The molecule has 0 aliphatic rings. The summed E-state index contributed by atoms with van der Waals surface area (Å²) in [7, 11) is 0. The van der Waals surface area contributed by atoms with Crippen LogP contribution in [-0.4, -0.2) is 9.97 Å². The molecule has 0 amide bonds. The molecule has 84 valence electrons. The number of rotatable bonds is 4. The van der Waals surface area contributed by atoms with Crippen molar-refractivity contribution >= 4 is 17.2 Å². The van der Waals surface area contributed by atoms with Crippen LogP contribution in [0.5, 0.6) is 0 Å². The van der Waals surface area contributed by atoms with Crippen molar-refractivity contribution in [3.8, 4) is 0 Å². The van der Waals surface area contributed by atoms with Gasteiger partial charge in [0.05, 0.1) is 6.54 Å². The SMILES string of the molecule is CC(C)c1cc(NCc2cccs2)ncn1. The molecule has 0 bridgehead atoms. The summed E-state index contributed by atoms with van der Waals surface area (Å²) < 4.78 is 0. The van der Waals surface area contributed by atoms with Gasteiger partial charge in [-0.05, 0) is 17.4 Å². The zero-order valence-electron chi connectivity index (χ0n) is 9.47. The first kappa shape index (κ1) is 11.1. The quantitative estimate of drug-likeness (QED) is 0.880. The van der Waals surface area contributed by atoms with Gasteiger partial charge in [-0.1, -0.05) is 19.9 Å². The van der Waals surface area contributed by atoms with Crippen molar-refractivity contribution in [2.24, 2.45) is 0 Å². The van der Waals surface area contributed by atoms with E-state index < -0.39 is 0 Å². The van der Waals surface area contributed by atoms with Gasteiger partial charge in [-0.2, -0.15) is 0 Å². The van der Waals surface area contributed by atoms with Crippen molar-refractivity contribution in [1.82, 2.24) is 9.97 Å². The number of hydrogen-bond acceptors (Lipinski definition) is 4. The van der Waals surface area contributed by atoms with Gasteiger partial charge in [-0.25, -0.2) is 9.97 Å². The fourth-order valence-electron chi connectivity index (χ4n) is 1.38. The molecule has 2 aromatic rings. The summed E-state index contributed by atoms with van der Waals surface area (Å²) in [6, 6.07) is 6.18. The van der Waals surface area contributed by atoms with Crippen molar-refractivity contribution in [3.05, 3.63) is 40.5 Å². The number of thiophene rings is 1. The van der Waals surface area contributed by atoms with Gasteiger partial charge in [-0.15, -0.1) is 11.3 Å². The van der Waals surface area contributed by atoms with Crippen LogP contribution < -0.4 is 5.32 Å². The van der Waals surface area contributed by atoms with E-state index in [1.54, 1.807) is 17.7 Å². The van der Waals surface area contributed by atoms with Crippen molar-refractivity contribution in [2.45, 2.75) is 26.3 Å². The first-order valence-electron chi connectivity index (χ1n) is 5.34. The molecule has 0 saturated carbocycles. The average molecular weight is 233 g/mol. The van der Waals surface area contributed by atoms with Crippen LogP contribution in [0, 0.1) is 0 Å². The minimum absolute atomic E-state index is 0.435. The third kappa shape index (κ3) is 2.79. The van der Waals surface area contributed by atoms with Gasteiger partial charge < -0.3 is 5.32 Å². The van der Waals surface area contributed by atoms with E-state index in [1.807, 2.05) is 6.07 Å². The van der Waals surface area contributed by atoms with Gasteiger partial charge in [0.15, 0.2) is 0 Å². The lowest BCUT2D eigenvalue weighted by Crippen LogP contribution is -2.02. The highest BCUT2D eigenvalue weighted by Crippen LogP contribution is 2.15. The highest BCUT2D eigenvalue weighted by Gasteiger charge is 2.02. The Kier molecular flexibility index (Phi) is 3.51. The van der Waals surface area contributed by atoms with Gasteiger partial charge in [0.25, 0.3) is 0 Å². The molecule has 2 heterocycles. The lowest BCUT2D eigenvalue weighted by Gasteiger charge is -2.07. The first-order chi connectivity index (χ1) is 7.75. The molecule has 0 aliphatic heterocycles. The maximum atomic E-state index is 4.24. The summed E-state index contributed by atoms with van der Waals surface area (Å²) in [5.41, 5.74) is 1.07. The summed E-state index contributed by atoms with van der Waals surface area (Å²) in [5.74, 6) is 1.33. The number of nitrogens with one attached hydrogen (secondary N) is 1. The van der Waals surface area contributed by atoms with Crippen LogP contribution in [0.15, 0.2) is 29.9 Å². The zero-order chi connectivity index (χ0) is 11.4. The summed E-state index contributed by atoms with van der Waals surface area (Å²) in [6.07, 6.45) is 1.62. The molecule has 0 aliphatic carbocycles. The molecule has 0 atom stereocenters. The molecule has 0 radical (unpaired) electrons. The molecule has 1 N–H and O–H groups in total. The molecular formula is C12H15N3S. The summed E-state index contributed by atoms with van der Waals surface area (Å²) in [5, 5.41) is 5.38. The predicted octanol–water partition coefficient (Wildman–Crippen LogP) is 3.27. The molecule has 2 rings (SSSR count). The van der Waals surface area contributed by atoms with Crippen molar-refractivity contribution in [1.29, 1.82) is 0 Å². The molecule has 4 heteroatoms. The fourth-order valence-corrected chi connectivity index (χ4v) is 2.02. The molecule has 2 aromatic heterocycles. The molecule has 16 heavy (non-hydrogen) atoms. The smallest absolute Gasteiger partial charge is 0.129 e. The van der Waals surface area contributed by atoms with Crippen LogP contribution in [0.25, 0.3) is 0 Å². The Morgan fingerprint density at radius 2 is 2.25 bits per heavy atom. The average Bonchev–Trinajstić information content (AvgIpc) is 2.79. The lowest BCUT2D eigenvalue weighted by atomic mass is 10.1. The van der Waals surface area contributed by atoms with E-state index in [0.29, 0.717) is 5.92 Å². The van der Waals surface area contributed by atoms with Gasteiger partial charge in [-0.3, -0.25) is 0 Å². The standard InChI is InChI=1S/C12H15N3S/c1-9(2)11-6-12(15-8-14-11)13-7-10-4-3-5-16-10/h3-6,8-9H,7H2,1-2H3,(H,13,14,15). The Morgan fingerprint density at radius 1 is 1.38 bits per heavy atom. The molecule has 0 fully saturated rings. The Hall–Kier alpha value is -1.42. The van der Waals surface area contributed by atoms with Crippen LogP contribution in [0.4, 0.5) is 5.82 Å². The minimum Gasteiger partial charge on any atom is -0.365 e. The van der Waals surface area contributed by atoms with E-state index in [4.69, 9.17) is 0 Å². The second-order valence-electron chi connectivity index (χ2n) is 3.92. The van der Waals surface area contributed by atoms with Gasteiger partial charge in [0.2, 0.25) is 0 Å². The Balaban J connectivity index is 2.01. The zero-order valence-corrected chi connectivity index (χ0v) is 10.3. The number of nitrogens with zero attached hydrogens (tertiary/aromatic N) is 2. The van der Waals surface area contributed by atoms with Gasteiger partial charge >= 0.3 is 0 Å². The number of anilines is 1. The molecule has 0 aromatic carbocycles. The lowest BCUT2D eigenvalue weighted by molar-refractivity contribution is 0.814. The van der Waals surface area contributed by atoms with Gasteiger partial charge in [0.1, 0.15) is 12.1 Å². The minimum atomic E-state index is 0.435. The second-order valence-corrected chi connectivity index (χ2v) is 4.95. The Labute approximate surface area is 99.6 Å². The maximum Gasteiger partial charge on any atom is 0.129 e. The highest BCUT2D eigenvalue weighted by atomic mass is 32.1. The summed E-state index contributed by atoms with van der Waals surface area (Å²) >= 11 is 1.75. The van der Waals surface area contributed by atoms with Crippen molar-refractivity contribution in [2.75, 3.05) is 5.32 Å². The number of hydrogen-bond donors (Lipinski definition) is 1. The molecule has 0 unspecified atom stereocenters. The fraction of sp³-hybridized carbons (Fsp3) is 0.333. The second kappa shape index (κ2) is 5.07. The van der Waals surface area contributed by atoms with Crippen LogP contribution in [-0.2, 0) is 6.54 Å². The van der Waals surface area contributed by atoms with E-state index >= 15 is 0 Å². The topological polar surface area (TPSA) is 37.8 Å². The predicted molar refractivity (Wildman–Crippen MR) is 67.8 cm³/mol. The Bertz CT molecular complexity index is 437. The van der Waals surface area contributed by atoms with Crippen molar-refractivity contribution < 1.29 is 0 Å². The van der Waals surface area contributed by atoms with E-state index in [1.165, 1.54) is 4.88 Å². The number of aromatic nitrogens is 2. The molecular weight excluding hydrogens is 218 g/mol. The van der Waals surface area contributed by atoms with E-state index in [2.05, 4.69) is 46.6 Å². The van der Waals surface area contributed by atoms with Crippen LogP contribution in [0.1, 0.15) is 30.3 Å². The third-order valence-corrected chi connectivity index (χ3v) is 3.18. The van der Waals surface area contributed by atoms with Crippen LogP contribution in [0.2, 0.25) is 0 Å². The third-order valence-electron chi connectivity index (χ3n) is 2.30. The molecule has 0 saturated heterocycles. The molecule has 3 nitrogen and oxygen atoms in total. The van der Waals surface area contributed by atoms with E-state index in [9.17, 15) is 0 Å². The monoisotopic (exact) mass is 233 g/mol. The van der Waals surface area contributed by atoms with Gasteiger partial charge in [0, 0.05) is 16.6 Å². The summed E-state index contributed by atoms with van der Waals surface area (Å²) in [4.78, 5) is 9.75. The van der Waals surface area contributed by atoms with E-state index in [-0.39, 0.29) is 0 Å². The van der Waals surface area contributed by atoms with Crippen molar-refractivity contribution in [3.63, 3.8) is 0 Å². The van der Waals surface area contributed by atoms with E-state index in [0.717, 1.165) is 18.1 Å². The largest absolute Gasteiger partial charge is 0.365 e. The van der Waals surface area contributed by atoms with Crippen LogP contribution >= 0.6 is 11.3 Å². The normalized spacial score (nSPS) is 10.7. The first-order valence-corrected chi connectivity index (χ1v) is 6.22. The Morgan fingerprint density at radius 3 is 2.94 bits per heavy atom. The van der Waals surface area contributed by atoms with Crippen LogP contribution in [0.3, 0.4) is 0 Å². The molecule has 0 spiro atoms. The summed E-state index contributed by atoms with van der Waals surface area (Å²) in [6.45, 7) is 5.09.